The predicted octanol–water partition coefficient (Wildman–Crippen LogP) is 2.31. The summed E-state index contributed by atoms with van der Waals surface area (Å²) in [5.41, 5.74) is 8.61. The molecule has 2 N–H and O–H groups in total. The lowest BCUT2D eigenvalue weighted by Gasteiger charge is -2.01. The lowest BCUT2D eigenvalue weighted by molar-refractivity contribution is 0.900. The van der Waals surface area contributed by atoms with Gasteiger partial charge in [-0.05, 0) is 31.2 Å². The summed E-state index contributed by atoms with van der Waals surface area (Å²) in [4.78, 5) is 4.49. The van der Waals surface area contributed by atoms with Crippen LogP contribution >= 0.6 is 0 Å². The van der Waals surface area contributed by atoms with E-state index >= 15 is 0 Å². The minimum absolute atomic E-state index is 0.511. The predicted molar refractivity (Wildman–Crippen MR) is 68.0 cm³/mol. The molecule has 3 aromatic rings. The second-order valence-electron chi connectivity index (χ2n) is 3.96. The zero-order valence-corrected chi connectivity index (χ0v) is 9.46. The molecule has 84 valence electrons. The van der Waals surface area contributed by atoms with Gasteiger partial charge in [0, 0.05) is 5.69 Å². The van der Waals surface area contributed by atoms with Crippen molar-refractivity contribution < 1.29 is 0 Å². The highest BCUT2D eigenvalue weighted by Crippen LogP contribution is 2.22. The van der Waals surface area contributed by atoms with E-state index < -0.39 is 0 Å². The molecule has 17 heavy (non-hydrogen) atoms. The van der Waals surface area contributed by atoms with E-state index in [1.165, 1.54) is 0 Å². The fourth-order valence-electron chi connectivity index (χ4n) is 1.86. The van der Waals surface area contributed by atoms with Gasteiger partial charge < -0.3 is 5.73 Å². The van der Waals surface area contributed by atoms with Crippen LogP contribution in [-0.4, -0.2) is 14.8 Å². The van der Waals surface area contributed by atoms with Crippen molar-refractivity contribution in [1.29, 1.82) is 0 Å². The molecule has 2 aromatic heterocycles. The lowest BCUT2D eigenvalue weighted by atomic mass is 10.3. The average Bonchev–Trinajstić information content (AvgIpc) is 2.67. The standard InChI is InChI=1S/C13H12N4/c1-9-7-8-11-12(14)16-17(13(11)15-9)10-5-3-2-4-6-10/h2-8H,1H3,(H2,14,16). The van der Waals surface area contributed by atoms with Crippen molar-refractivity contribution in [2.24, 2.45) is 0 Å². The Morgan fingerprint density at radius 3 is 2.59 bits per heavy atom. The number of aryl methyl sites for hydroxylation is 1. The first-order valence-corrected chi connectivity index (χ1v) is 5.43. The Hall–Kier alpha value is -2.36. The van der Waals surface area contributed by atoms with Gasteiger partial charge in [0.05, 0.1) is 11.1 Å². The van der Waals surface area contributed by atoms with Crippen molar-refractivity contribution in [2.75, 3.05) is 5.73 Å². The number of nitrogen functional groups attached to an aromatic ring is 1. The molecule has 2 heterocycles. The Morgan fingerprint density at radius 1 is 1.06 bits per heavy atom. The molecule has 0 aliphatic carbocycles. The second kappa shape index (κ2) is 3.59. The molecular formula is C13H12N4. The van der Waals surface area contributed by atoms with E-state index in [4.69, 9.17) is 5.73 Å². The molecule has 4 heteroatoms. The van der Waals surface area contributed by atoms with Crippen LogP contribution in [0, 0.1) is 6.92 Å². The van der Waals surface area contributed by atoms with Crippen molar-refractivity contribution in [3.8, 4) is 5.69 Å². The fourth-order valence-corrected chi connectivity index (χ4v) is 1.86. The van der Waals surface area contributed by atoms with Crippen molar-refractivity contribution in [1.82, 2.24) is 14.8 Å². The van der Waals surface area contributed by atoms with Crippen molar-refractivity contribution in [3.05, 3.63) is 48.2 Å². The minimum atomic E-state index is 0.511. The SMILES string of the molecule is Cc1ccc2c(N)nn(-c3ccccc3)c2n1. The lowest BCUT2D eigenvalue weighted by Crippen LogP contribution is -1.98. The van der Waals surface area contributed by atoms with Gasteiger partial charge in [0.1, 0.15) is 0 Å². The minimum Gasteiger partial charge on any atom is -0.382 e. The van der Waals surface area contributed by atoms with E-state index in [2.05, 4.69) is 10.1 Å². The Morgan fingerprint density at radius 2 is 1.82 bits per heavy atom. The van der Waals surface area contributed by atoms with Crippen LogP contribution in [0.4, 0.5) is 5.82 Å². The molecule has 0 amide bonds. The Balaban J connectivity index is 2.34. The number of nitrogens with two attached hydrogens (primary N) is 1. The smallest absolute Gasteiger partial charge is 0.165 e. The first-order valence-electron chi connectivity index (χ1n) is 5.43. The van der Waals surface area contributed by atoms with Gasteiger partial charge in [-0.25, -0.2) is 9.67 Å². The third-order valence-electron chi connectivity index (χ3n) is 2.70. The topological polar surface area (TPSA) is 56.7 Å². The van der Waals surface area contributed by atoms with Crippen LogP contribution in [0.5, 0.6) is 0 Å². The average molecular weight is 224 g/mol. The van der Waals surface area contributed by atoms with Crippen LogP contribution in [0.2, 0.25) is 0 Å². The third kappa shape index (κ3) is 1.54. The molecule has 1 aromatic carbocycles. The molecule has 0 unspecified atom stereocenters. The molecule has 0 bridgehead atoms. The summed E-state index contributed by atoms with van der Waals surface area (Å²) in [5, 5.41) is 5.22. The molecule has 0 radical (unpaired) electrons. The van der Waals surface area contributed by atoms with E-state index in [0.717, 1.165) is 22.4 Å². The second-order valence-corrected chi connectivity index (χ2v) is 3.96. The maximum Gasteiger partial charge on any atom is 0.165 e. The largest absolute Gasteiger partial charge is 0.382 e. The van der Waals surface area contributed by atoms with Gasteiger partial charge in [-0.1, -0.05) is 18.2 Å². The summed E-state index contributed by atoms with van der Waals surface area (Å²) in [5.74, 6) is 0.511. The van der Waals surface area contributed by atoms with Crippen molar-refractivity contribution in [3.63, 3.8) is 0 Å². The molecule has 0 saturated heterocycles. The summed E-state index contributed by atoms with van der Waals surface area (Å²) < 4.78 is 1.78. The number of fused-ring (bicyclic) bond motifs is 1. The number of pyridine rings is 1. The van der Waals surface area contributed by atoms with Gasteiger partial charge in [-0.2, -0.15) is 0 Å². The summed E-state index contributed by atoms with van der Waals surface area (Å²) >= 11 is 0. The van der Waals surface area contributed by atoms with Gasteiger partial charge in [0.15, 0.2) is 11.5 Å². The fraction of sp³-hybridized carbons (Fsp3) is 0.0769. The molecular weight excluding hydrogens is 212 g/mol. The summed E-state index contributed by atoms with van der Waals surface area (Å²) in [6.45, 7) is 1.96. The first kappa shape index (κ1) is 9.84. The monoisotopic (exact) mass is 224 g/mol. The van der Waals surface area contributed by atoms with E-state index in [-0.39, 0.29) is 0 Å². The third-order valence-corrected chi connectivity index (χ3v) is 2.70. The number of anilines is 1. The van der Waals surface area contributed by atoms with Crippen molar-refractivity contribution >= 4 is 16.9 Å². The Labute approximate surface area is 98.7 Å². The number of nitrogens with zero attached hydrogens (tertiary/aromatic N) is 3. The van der Waals surface area contributed by atoms with Gasteiger partial charge in [-0.3, -0.25) is 0 Å². The highest BCUT2D eigenvalue weighted by atomic mass is 15.3. The number of aromatic nitrogens is 3. The summed E-state index contributed by atoms with van der Waals surface area (Å²) in [6.07, 6.45) is 0. The van der Waals surface area contributed by atoms with Crippen LogP contribution in [0.3, 0.4) is 0 Å². The molecule has 0 aliphatic rings. The zero-order valence-electron chi connectivity index (χ0n) is 9.46. The maximum absolute atomic E-state index is 5.89. The zero-order chi connectivity index (χ0) is 11.8. The van der Waals surface area contributed by atoms with Gasteiger partial charge in [0.25, 0.3) is 0 Å². The molecule has 0 atom stereocenters. The van der Waals surface area contributed by atoms with Crippen LogP contribution in [0.15, 0.2) is 42.5 Å². The van der Waals surface area contributed by atoms with E-state index in [1.807, 2.05) is 49.4 Å². The first-order chi connectivity index (χ1) is 8.25. The molecule has 0 saturated carbocycles. The maximum atomic E-state index is 5.89. The molecule has 0 spiro atoms. The number of rotatable bonds is 1. The number of benzene rings is 1. The summed E-state index contributed by atoms with van der Waals surface area (Å²) in [6, 6.07) is 13.8. The number of hydrogen-bond acceptors (Lipinski definition) is 3. The van der Waals surface area contributed by atoms with Crippen LogP contribution < -0.4 is 5.73 Å². The van der Waals surface area contributed by atoms with E-state index in [9.17, 15) is 0 Å². The van der Waals surface area contributed by atoms with Crippen LogP contribution in [0.25, 0.3) is 16.7 Å². The van der Waals surface area contributed by atoms with Crippen LogP contribution in [0.1, 0.15) is 5.69 Å². The summed E-state index contributed by atoms with van der Waals surface area (Å²) in [7, 11) is 0. The number of para-hydroxylation sites is 1. The number of hydrogen-bond donors (Lipinski definition) is 1. The highest BCUT2D eigenvalue weighted by Gasteiger charge is 2.10. The highest BCUT2D eigenvalue weighted by molar-refractivity contribution is 5.87. The van der Waals surface area contributed by atoms with Crippen molar-refractivity contribution in [2.45, 2.75) is 6.92 Å². The van der Waals surface area contributed by atoms with Gasteiger partial charge in [0.2, 0.25) is 0 Å². The quantitative estimate of drug-likeness (QED) is 0.690. The van der Waals surface area contributed by atoms with Gasteiger partial charge >= 0.3 is 0 Å². The Kier molecular flexibility index (Phi) is 2.08. The molecule has 3 rings (SSSR count). The molecule has 4 nitrogen and oxygen atoms in total. The van der Waals surface area contributed by atoms with E-state index in [0.29, 0.717) is 5.82 Å². The van der Waals surface area contributed by atoms with Gasteiger partial charge in [-0.15, -0.1) is 5.10 Å². The van der Waals surface area contributed by atoms with E-state index in [1.54, 1.807) is 4.68 Å². The molecule has 0 fully saturated rings. The molecule has 0 aliphatic heterocycles. The Bertz CT molecular complexity index is 670. The normalized spacial score (nSPS) is 10.9. The van der Waals surface area contributed by atoms with Crippen LogP contribution in [-0.2, 0) is 0 Å².